The molecule has 0 atom stereocenters. The third-order valence-corrected chi connectivity index (χ3v) is 4.72. The maximum atomic E-state index is 5.36. The minimum Gasteiger partial charge on any atom is -0.354 e. The highest BCUT2D eigenvalue weighted by atomic mass is 17.2. The first kappa shape index (κ1) is 18.9. The first-order valence-corrected chi connectivity index (χ1v) is 9.98. The van der Waals surface area contributed by atoms with Gasteiger partial charge in [-0.25, -0.2) is 0 Å². The predicted octanol–water partition coefficient (Wildman–Crippen LogP) is 4.61. The number of guanidine groups is 1. The minimum absolute atomic E-state index is 0.685. The van der Waals surface area contributed by atoms with E-state index in [9.17, 15) is 0 Å². The molecule has 29 heavy (non-hydrogen) atoms. The number of para-hydroxylation sites is 1. The van der Waals surface area contributed by atoms with Crippen molar-refractivity contribution in [1.29, 1.82) is 0 Å². The highest BCUT2D eigenvalue weighted by Crippen LogP contribution is 2.17. The Morgan fingerprint density at radius 2 is 1.38 bits per heavy atom. The Bertz CT molecular complexity index is 923. The van der Waals surface area contributed by atoms with Crippen LogP contribution in [-0.4, -0.2) is 19.0 Å². The quantitative estimate of drug-likeness (QED) is 0.438. The van der Waals surface area contributed by atoms with Gasteiger partial charge < -0.3 is 10.6 Å². The normalized spacial score (nSPS) is 12.8. The fraction of sp³-hybridized carbons (Fsp3) is 0.208. The molecule has 148 valence electrons. The Labute approximate surface area is 171 Å². The zero-order chi connectivity index (χ0) is 19.7. The summed E-state index contributed by atoms with van der Waals surface area (Å²) in [6.45, 7) is 1.75. The second-order valence-corrected chi connectivity index (χ2v) is 6.96. The first-order chi connectivity index (χ1) is 14.3. The van der Waals surface area contributed by atoms with Crippen LogP contribution in [0.3, 0.4) is 0 Å². The molecule has 0 bridgehead atoms. The third-order valence-electron chi connectivity index (χ3n) is 4.72. The molecule has 1 aliphatic rings. The molecule has 5 nitrogen and oxygen atoms in total. The van der Waals surface area contributed by atoms with Crippen LogP contribution in [0.15, 0.2) is 83.9 Å². The molecule has 0 aliphatic carbocycles. The molecule has 0 aromatic heterocycles. The molecule has 0 saturated heterocycles. The lowest BCUT2D eigenvalue weighted by Gasteiger charge is -2.08. The van der Waals surface area contributed by atoms with Crippen molar-refractivity contribution in [2.75, 3.05) is 18.4 Å². The van der Waals surface area contributed by atoms with Gasteiger partial charge in [-0.05, 0) is 66.8 Å². The van der Waals surface area contributed by atoms with Crippen LogP contribution >= 0.6 is 0 Å². The lowest BCUT2D eigenvalue weighted by molar-refractivity contribution is -0.0999. The van der Waals surface area contributed by atoms with Crippen LogP contribution in [-0.2, 0) is 12.8 Å². The van der Waals surface area contributed by atoms with Gasteiger partial charge in [-0.1, -0.05) is 42.5 Å². The fourth-order valence-electron chi connectivity index (χ4n) is 3.15. The second kappa shape index (κ2) is 9.64. The van der Waals surface area contributed by atoms with E-state index in [2.05, 4.69) is 52.0 Å². The summed E-state index contributed by atoms with van der Waals surface area (Å²) >= 11 is 0. The van der Waals surface area contributed by atoms with E-state index in [1.54, 1.807) is 0 Å². The Morgan fingerprint density at radius 3 is 2.00 bits per heavy atom. The topological polar surface area (TPSA) is 54.9 Å². The van der Waals surface area contributed by atoms with Crippen LogP contribution in [0, 0.1) is 0 Å². The van der Waals surface area contributed by atoms with E-state index in [4.69, 9.17) is 9.78 Å². The Kier molecular flexibility index (Phi) is 6.28. The second-order valence-electron chi connectivity index (χ2n) is 6.96. The Morgan fingerprint density at radius 1 is 0.759 bits per heavy atom. The molecular formula is C24H25N3O2. The molecule has 0 saturated carbocycles. The van der Waals surface area contributed by atoms with Crippen LogP contribution < -0.4 is 20.4 Å². The molecule has 4 rings (SSSR count). The van der Waals surface area contributed by atoms with Crippen molar-refractivity contribution < 1.29 is 9.78 Å². The van der Waals surface area contributed by atoms with E-state index < -0.39 is 0 Å². The highest BCUT2D eigenvalue weighted by molar-refractivity contribution is 5.94. The number of hydrogen-bond acceptors (Lipinski definition) is 5. The van der Waals surface area contributed by atoms with Gasteiger partial charge >= 0.3 is 0 Å². The summed E-state index contributed by atoms with van der Waals surface area (Å²) < 4.78 is 0. The maximum Gasteiger partial charge on any atom is 0.195 e. The molecular weight excluding hydrogens is 362 g/mol. The van der Waals surface area contributed by atoms with E-state index >= 15 is 0 Å². The van der Waals surface area contributed by atoms with Crippen LogP contribution in [0.5, 0.6) is 11.5 Å². The number of rotatable bonds is 8. The van der Waals surface area contributed by atoms with Crippen molar-refractivity contribution in [1.82, 2.24) is 5.32 Å². The Balaban J connectivity index is 1.20. The van der Waals surface area contributed by atoms with E-state index in [-0.39, 0.29) is 0 Å². The lowest BCUT2D eigenvalue weighted by atomic mass is 10.0. The lowest BCUT2D eigenvalue weighted by Crippen LogP contribution is -2.26. The van der Waals surface area contributed by atoms with Crippen LogP contribution in [0.2, 0.25) is 0 Å². The molecule has 0 amide bonds. The molecule has 3 aromatic rings. The van der Waals surface area contributed by atoms with Crippen molar-refractivity contribution in [3.8, 4) is 11.5 Å². The fourth-order valence-corrected chi connectivity index (χ4v) is 3.15. The summed E-state index contributed by atoms with van der Waals surface area (Å²) in [4.78, 5) is 15.0. The van der Waals surface area contributed by atoms with Crippen molar-refractivity contribution in [2.45, 2.75) is 19.3 Å². The Hall–Kier alpha value is -3.47. The molecule has 3 aromatic carbocycles. The minimum atomic E-state index is 0.685. The SMILES string of the molecule is c1ccc(OOc2ccc(CCCc3ccc(NC4=NCCN4)cc3)cc2)cc1. The smallest absolute Gasteiger partial charge is 0.195 e. The van der Waals surface area contributed by atoms with E-state index in [1.807, 2.05) is 42.5 Å². The van der Waals surface area contributed by atoms with Crippen molar-refractivity contribution in [3.05, 3.63) is 90.0 Å². The van der Waals surface area contributed by atoms with Gasteiger partial charge in [0, 0.05) is 12.2 Å². The maximum absolute atomic E-state index is 5.36. The summed E-state index contributed by atoms with van der Waals surface area (Å²) in [6, 6.07) is 26.1. The molecule has 0 radical (unpaired) electrons. The van der Waals surface area contributed by atoms with Gasteiger partial charge in [0.25, 0.3) is 0 Å². The average molecular weight is 387 g/mol. The molecule has 2 N–H and O–H groups in total. The largest absolute Gasteiger partial charge is 0.354 e. The van der Waals surface area contributed by atoms with Crippen molar-refractivity contribution >= 4 is 11.6 Å². The van der Waals surface area contributed by atoms with Gasteiger partial charge in [-0.15, -0.1) is 0 Å². The molecule has 0 spiro atoms. The average Bonchev–Trinajstić information content (AvgIpc) is 3.28. The van der Waals surface area contributed by atoms with Crippen molar-refractivity contribution in [2.24, 2.45) is 4.99 Å². The summed E-state index contributed by atoms with van der Waals surface area (Å²) in [5.74, 6) is 2.24. The summed E-state index contributed by atoms with van der Waals surface area (Å²) in [5.41, 5.74) is 3.70. The third kappa shape index (κ3) is 5.75. The standard InChI is InChI=1S/C24H25N3O2/c1-2-7-22(8-3-1)28-29-23-15-11-20(12-16-23)6-4-5-19-9-13-21(14-10-19)27-24-25-17-18-26-24/h1-3,7-16H,4-6,17-18H2,(H2,25,26,27). The molecule has 1 heterocycles. The zero-order valence-corrected chi connectivity index (χ0v) is 16.3. The van der Waals surface area contributed by atoms with Gasteiger partial charge in [-0.2, -0.15) is 0 Å². The predicted molar refractivity (Wildman–Crippen MR) is 117 cm³/mol. The monoisotopic (exact) mass is 387 g/mol. The van der Waals surface area contributed by atoms with E-state index in [0.717, 1.165) is 44.0 Å². The number of aryl methyl sites for hydroxylation is 2. The van der Waals surface area contributed by atoms with Crippen LogP contribution in [0.4, 0.5) is 5.69 Å². The van der Waals surface area contributed by atoms with Crippen LogP contribution in [0.1, 0.15) is 17.5 Å². The van der Waals surface area contributed by atoms with Crippen molar-refractivity contribution in [3.63, 3.8) is 0 Å². The van der Waals surface area contributed by atoms with Crippen LogP contribution in [0.25, 0.3) is 0 Å². The van der Waals surface area contributed by atoms with Gasteiger partial charge in [0.15, 0.2) is 17.5 Å². The van der Waals surface area contributed by atoms with Gasteiger partial charge in [0.2, 0.25) is 0 Å². The highest BCUT2D eigenvalue weighted by Gasteiger charge is 2.05. The summed E-state index contributed by atoms with van der Waals surface area (Å²) in [7, 11) is 0. The number of benzene rings is 3. The molecule has 1 aliphatic heterocycles. The summed E-state index contributed by atoms with van der Waals surface area (Å²) in [5, 5.41) is 6.51. The number of anilines is 1. The summed E-state index contributed by atoms with van der Waals surface area (Å²) in [6.07, 6.45) is 3.18. The number of hydrogen-bond donors (Lipinski definition) is 2. The number of nitrogens with zero attached hydrogens (tertiary/aromatic N) is 1. The van der Waals surface area contributed by atoms with E-state index in [1.165, 1.54) is 11.1 Å². The molecule has 0 fully saturated rings. The van der Waals surface area contributed by atoms with Gasteiger partial charge in [0.1, 0.15) is 0 Å². The number of aliphatic imine (C=N–C) groups is 1. The van der Waals surface area contributed by atoms with Gasteiger partial charge in [-0.3, -0.25) is 14.8 Å². The van der Waals surface area contributed by atoms with E-state index in [0.29, 0.717) is 11.5 Å². The molecule has 0 unspecified atom stereocenters. The molecule has 5 heteroatoms. The zero-order valence-electron chi connectivity index (χ0n) is 16.3. The first-order valence-electron chi connectivity index (χ1n) is 9.98. The van der Waals surface area contributed by atoms with Gasteiger partial charge in [0.05, 0.1) is 6.54 Å². The number of nitrogens with one attached hydrogen (secondary N) is 2.